The number of carbonyl (C=O) groups excluding carboxylic acids is 1. The number of rotatable bonds is 6. The lowest BCUT2D eigenvalue weighted by Gasteiger charge is -2.32. The molecule has 1 fully saturated rings. The summed E-state index contributed by atoms with van der Waals surface area (Å²) < 4.78 is 7.71. The van der Waals surface area contributed by atoms with Gasteiger partial charge >= 0.3 is 0 Å². The predicted octanol–water partition coefficient (Wildman–Crippen LogP) is 2.70. The maximum Gasteiger partial charge on any atom is 0.270 e. The molecule has 1 N–H and O–H groups in total. The summed E-state index contributed by atoms with van der Waals surface area (Å²) in [7, 11) is 1.94. The normalized spacial score (nSPS) is 15.5. The molecule has 25 heavy (non-hydrogen) atoms. The minimum absolute atomic E-state index is 0.0819. The standard InChI is InChI=1S/C20H26N2O3/c1-21-18(16-6-3-2-4-7-16)8-9-19(21)20(24)22-12-10-17(11-13-22)25-15-5-14-23/h2-4,6-9,17,23H,5,10-15H2,1H3. The van der Waals surface area contributed by atoms with Crippen LogP contribution in [0.4, 0.5) is 0 Å². The molecule has 1 saturated heterocycles. The molecule has 0 radical (unpaired) electrons. The second-order valence-electron chi connectivity index (χ2n) is 6.47. The van der Waals surface area contributed by atoms with Crippen molar-refractivity contribution in [1.82, 2.24) is 9.47 Å². The fourth-order valence-corrected chi connectivity index (χ4v) is 3.33. The summed E-state index contributed by atoms with van der Waals surface area (Å²) in [5.74, 6) is 0.0819. The quantitative estimate of drug-likeness (QED) is 0.821. The Morgan fingerprint density at radius 2 is 1.88 bits per heavy atom. The van der Waals surface area contributed by atoms with Crippen LogP contribution in [0.1, 0.15) is 29.8 Å². The minimum Gasteiger partial charge on any atom is -0.396 e. The number of amides is 1. The molecule has 2 aromatic rings. The molecule has 1 aliphatic rings. The van der Waals surface area contributed by atoms with Crippen molar-refractivity contribution in [2.45, 2.75) is 25.4 Å². The van der Waals surface area contributed by atoms with Gasteiger partial charge in [0.15, 0.2) is 0 Å². The molecule has 0 bridgehead atoms. The van der Waals surface area contributed by atoms with Gasteiger partial charge in [-0.1, -0.05) is 30.3 Å². The van der Waals surface area contributed by atoms with Crippen molar-refractivity contribution in [3.63, 3.8) is 0 Å². The van der Waals surface area contributed by atoms with E-state index >= 15 is 0 Å². The van der Waals surface area contributed by atoms with Crippen molar-refractivity contribution in [1.29, 1.82) is 0 Å². The van der Waals surface area contributed by atoms with Crippen LogP contribution in [0.3, 0.4) is 0 Å². The zero-order valence-electron chi connectivity index (χ0n) is 14.7. The molecule has 1 aromatic carbocycles. The first-order valence-corrected chi connectivity index (χ1v) is 8.93. The fraction of sp³-hybridized carbons (Fsp3) is 0.450. The lowest BCUT2D eigenvalue weighted by atomic mass is 10.1. The number of hydrogen-bond donors (Lipinski definition) is 1. The van der Waals surface area contributed by atoms with Crippen LogP contribution in [0, 0.1) is 0 Å². The molecular formula is C20H26N2O3. The highest BCUT2D eigenvalue weighted by Crippen LogP contribution is 2.23. The van der Waals surface area contributed by atoms with Crippen molar-refractivity contribution in [2.75, 3.05) is 26.3 Å². The van der Waals surface area contributed by atoms with Gasteiger partial charge in [0.1, 0.15) is 5.69 Å². The molecule has 0 spiro atoms. The highest BCUT2D eigenvalue weighted by Gasteiger charge is 2.25. The maximum atomic E-state index is 12.9. The fourth-order valence-electron chi connectivity index (χ4n) is 3.33. The van der Waals surface area contributed by atoms with E-state index in [0.717, 1.165) is 29.8 Å². The van der Waals surface area contributed by atoms with E-state index in [4.69, 9.17) is 9.84 Å². The van der Waals surface area contributed by atoms with Crippen molar-refractivity contribution in [2.24, 2.45) is 7.05 Å². The first-order valence-electron chi connectivity index (χ1n) is 8.93. The highest BCUT2D eigenvalue weighted by molar-refractivity contribution is 5.94. The smallest absolute Gasteiger partial charge is 0.270 e. The molecule has 1 aromatic heterocycles. The third-order valence-corrected chi connectivity index (χ3v) is 4.80. The number of nitrogens with zero attached hydrogens (tertiary/aromatic N) is 2. The van der Waals surface area contributed by atoms with Crippen molar-refractivity contribution < 1.29 is 14.6 Å². The van der Waals surface area contributed by atoms with Crippen LogP contribution < -0.4 is 0 Å². The zero-order valence-corrected chi connectivity index (χ0v) is 14.7. The molecule has 1 amide bonds. The van der Waals surface area contributed by atoms with E-state index in [0.29, 0.717) is 26.1 Å². The summed E-state index contributed by atoms with van der Waals surface area (Å²) in [6, 6.07) is 14.0. The van der Waals surface area contributed by atoms with Crippen LogP contribution in [0.15, 0.2) is 42.5 Å². The highest BCUT2D eigenvalue weighted by atomic mass is 16.5. The summed E-state index contributed by atoms with van der Waals surface area (Å²) in [5, 5.41) is 8.81. The molecular weight excluding hydrogens is 316 g/mol. The number of hydrogen-bond acceptors (Lipinski definition) is 3. The third kappa shape index (κ3) is 4.11. The number of aliphatic hydroxyl groups excluding tert-OH is 1. The second kappa shape index (κ2) is 8.32. The largest absolute Gasteiger partial charge is 0.396 e. The molecule has 134 valence electrons. The summed E-state index contributed by atoms with van der Waals surface area (Å²) in [6.45, 7) is 2.19. The minimum atomic E-state index is 0.0819. The summed E-state index contributed by atoms with van der Waals surface area (Å²) in [5.41, 5.74) is 2.88. The number of carbonyl (C=O) groups is 1. The summed E-state index contributed by atoms with van der Waals surface area (Å²) in [6.07, 6.45) is 2.58. The van der Waals surface area contributed by atoms with Crippen LogP contribution in [0.25, 0.3) is 11.3 Å². The van der Waals surface area contributed by atoms with E-state index in [-0.39, 0.29) is 18.6 Å². The van der Waals surface area contributed by atoms with Crippen LogP contribution in [-0.4, -0.2) is 52.9 Å². The van der Waals surface area contributed by atoms with Crippen molar-refractivity contribution >= 4 is 5.91 Å². The number of aliphatic hydroxyl groups is 1. The number of piperidine rings is 1. The predicted molar refractivity (Wildman–Crippen MR) is 97.4 cm³/mol. The number of ether oxygens (including phenoxy) is 1. The first-order chi connectivity index (χ1) is 12.2. The van der Waals surface area contributed by atoms with E-state index in [9.17, 15) is 4.79 Å². The van der Waals surface area contributed by atoms with E-state index in [1.54, 1.807) is 0 Å². The molecule has 5 heteroatoms. The van der Waals surface area contributed by atoms with Gasteiger partial charge in [-0.05, 0) is 37.0 Å². The molecule has 2 heterocycles. The Balaban J connectivity index is 1.62. The average molecular weight is 342 g/mol. The lowest BCUT2D eigenvalue weighted by molar-refractivity contribution is 0.00376. The topological polar surface area (TPSA) is 54.7 Å². The average Bonchev–Trinajstić information content (AvgIpc) is 3.04. The Labute approximate surface area is 148 Å². The number of benzene rings is 1. The van der Waals surface area contributed by atoms with Crippen molar-refractivity contribution in [3.05, 3.63) is 48.2 Å². The van der Waals surface area contributed by atoms with Gasteiger partial charge in [0.2, 0.25) is 0 Å². The van der Waals surface area contributed by atoms with E-state index < -0.39 is 0 Å². The SMILES string of the molecule is Cn1c(C(=O)N2CCC(OCCCO)CC2)ccc1-c1ccccc1. The molecule has 0 unspecified atom stereocenters. The monoisotopic (exact) mass is 342 g/mol. The Morgan fingerprint density at radius 1 is 1.16 bits per heavy atom. The van der Waals surface area contributed by atoms with Gasteiger partial charge in [0, 0.05) is 39.0 Å². The van der Waals surface area contributed by atoms with Crippen molar-refractivity contribution in [3.8, 4) is 11.3 Å². The van der Waals surface area contributed by atoms with Crippen LogP contribution in [-0.2, 0) is 11.8 Å². The third-order valence-electron chi connectivity index (χ3n) is 4.80. The van der Waals surface area contributed by atoms with Gasteiger partial charge in [0.05, 0.1) is 6.10 Å². The zero-order chi connectivity index (χ0) is 17.6. The summed E-state index contributed by atoms with van der Waals surface area (Å²) in [4.78, 5) is 14.8. The van der Waals surface area contributed by atoms with Gasteiger partial charge < -0.3 is 19.3 Å². The molecule has 0 saturated carbocycles. The molecule has 0 atom stereocenters. The van der Waals surface area contributed by atoms with Gasteiger partial charge in [-0.15, -0.1) is 0 Å². The van der Waals surface area contributed by atoms with E-state index in [1.807, 2.05) is 46.8 Å². The molecule has 0 aliphatic carbocycles. The van der Waals surface area contributed by atoms with Crippen LogP contribution in [0.5, 0.6) is 0 Å². The van der Waals surface area contributed by atoms with Crippen LogP contribution >= 0.6 is 0 Å². The van der Waals surface area contributed by atoms with Gasteiger partial charge in [-0.2, -0.15) is 0 Å². The van der Waals surface area contributed by atoms with Gasteiger partial charge in [0.25, 0.3) is 5.91 Å². The molecule has 3 rings (SSSR count). The summed E-state index contributed by atoms with van der Waals surface area (Å²) >= 11 is 0. The number of likely N-dealkylation sites (tertiary alicyclic amines) is 1. The van der Waals surface area contributed by atoms with Gasteiger partial charge in [-0.3, -0.25) is 4.79 Å². The Morgan fingerprint density at radius 3 is 2.56 bits per heavy atom. The maximum absolute atomic E-state index is 12.9. The molecule has 1 aliphatic heterocycles. The lowest BCUT2D eigenvalue weighted by Crippen LogP contribution is -2.41. The molecule has 5 nitrogen and oxygen atoms in total. The van der Waals surface area contributed by atoms with Gasteiger partial charge in [-0.25, -0.2) is 0 Å². The number of aromatic nitrogens is 1. The Kier molecular flexibility index (Phi) is 5.89. The van der Waals surface area contributed by atoms with E-state index in [2.05, 4.69) is 12.1 Å². The van der Waals surface area contributed by atoms with Crippen LogP contribution in [0.2, 0.25) is 0 Å². The van der Waals surface area contributed by atoms with E-state index in [1.165, 1.54) is 0 Å². The second-order valence-corrected chi connectivity index (χ2v) is 6.47. The first kappa shape index (κ1) is 17.7. The Hall–Kier alpha value is -2.11. The Bertz CT molecular complexity index is 688.